The van der Waals surface area contributed by atoms with E-state index in [0.29, 0.717) is 6.42 Å². The number of rotatable bonds is 3. The molecule has 0 aromatic heterocycles. The Labute approximate surface area is 143 Å². The lowest BCUT2D eigenvalue weighted by Gasteiger charge is -2.31. The lowest BCUT2D eigenvalue weighted by atomic mass is 9.93. The van der Waals surface area contributed by atoms with Gasteiger partial charge in [-0.3, -0.25) is 14.5 Å². The summed E-state index contributed by atoms with van der Waals surface area (Å²) in [5.41, 5.74) is 1.39. The van der Waals surface area contributed by atoms with E-state index in [4.69, 9.17) is 0 Å². The summed E-state index contributed by atoms with van der Waals surface area (Å²) in [6, 6.07) is 7.73. The van der Waals surface area contributed by atoms with Gasteiger partial charge in [0, 0.05) is 24.3 Å². The van der Waals surface area contributed by atoms with Crippen LogP contribution in [0, 0.1) is 0 Å². The van der Waals surface area contributed by atoms with Crippen molar-refractivity contribution in [2.24, 2.45) is 0 Å². The van der Waals surface area contributed by atoms with Gasteiger partial charge in [0.1, 0.15) is 5.54 Å². The van der Waals surface area contributed by atoms with E-state index < -0.39 is 0 Å². The molecule has 1 aromatic carbocycles. The molecule has 24 heavy (non-hydrogen) atoms. The van der Waals surface area contributed by atoms with Gasteiger partial charge in [-0.1, -0.05) is 6.07 Å². The first kappa shape index (κ1) is 15.6. The lowest BCUT2D eigenvalue weighted by molar-refractivity contribution is -0.125. The molecule has 5 heteroatoms. The van der Waals surface area contributed by atoms with E-state index in [9.17, 15) is 9.59 Å². The smallest absolute Gasteiger partial charge is 0.244 e. The molecule has 0 spiro atoms. The standard InChI is InChI=1S/C19H25N3O2/c23-17-8-1-2-13-22(17)16-7-3-6-15(14-16)20-18(24)19-9-4-11-21(19)12-5-10-19/h3,6-7,14H,1-2,4-5,8-13H2,(H,20,24). The van der Waals surface area contributed by atoms with Crippen molar-refractivity contribution >= 4 is 23.2 Å². The molecule has 0 radical (unpaired) electrons. The second kappa shape index (κ2) is 6.20. The normalized spacial score (nSPS) is 23.3. The van der Waals surface area contributed by atoms with Crippen LogP contribution >= 0.6 is 0 Å². The van der Waals surface area contributed by atoms with Crippen molar-refractivity contribution < 1.29 is 9.59 Å². The van der Waals surface area contributed by atoms with Crippen molar-refractivity contribution in [3.8, 4) is 0 Å². The number of nitrogens with one attached hydrogen (secondary N) is 1. The second-order valence-electron chi connectivity index (χ2n) is 7.23. The van der Waals surface area contributed by atoms with Crippen molar-refractivity contribution in [3.63, 3.8) is 0 Å². The van der Waals surface area contributed by atoms with Crippen molar-refractivity contribution in [2.75, 3.05) is 29.9 Å². The molecule has 1 aromatic rings. The van der Waals surface area contributed by atoms with Gasteiger partial charge in [-0.2, -0.15) is 0 Å². The Balaban J connectivity index is 1.52. The Morgan fingerprint density at radius 2 is 1.83 bits per heavy atom. The first-order chi connectivity index (χ1) is 11.7. The van der Waals surface area contributed by atoms with E-state index in [1.165, 1.54) is 0 Å². The average Bonchev–Trinajstić information content (AvgIpc) is 3.16. The maximum absolute atomic E-state index is 12.9. The largest absolute Gasteiger partial charge is 0.324 e. The highest BCUT2D eigenvalue weighted by atomic mass is 16.2. The quantitative estimate of drug-likeness (QED) is 0.929. The first-order valence-corrected chi connectivity index (χ1v) is 9.16. The number of carbonyl (C=O) groups excluding carboxylic acids is 2. The molecule has 3 fully saturated rings. The third-order valence-corrected chi connectivity index (χ3v) is 5.80. The summed E-state index contributed by atoms with van der Waals surface area (Å²) in [4.78, 5) is 29.2. The summed E-state index contributed by atoms with van der Waals surface area (Å²) >= 11 is 0. The predicted molar refractivity (Wildman–Crippen MR) is 94.0 cm³/mol. The molecule has 0 aliphatic carbocycles. The topological polar surface area (TPSA) is 52.7 Å². The molecule has 128 valence electrons. The fraction of sp³-hybridized carbons (Fsp3) is 0.579. The van der Waals surface area contributed by atoms with Gasteiger partial charge in [0.2, 0.25) is 11.8 Å². The van der Waals surface area contributed by atoms with Gasteiger partial charge >= 0.3 is 0 Å². The minimum atomic E-state index is -0.295. The fourth-order valence-corrected chi connectivity index (χ4v) is 4.55. The molecule has 3 aliphatic heterocycles. The SMILES string of the molecule is O=C1CCCCN1c1cccc(NC(=O)C23CCCN2CCC3)c1. The number of fused-ring (bicyclic) bond motifs is 1. The van der Waals surface area contributed by atoms with Crippen LogP contribution in [0.3, 0.4) is 0 Å². The highest BCUT2D eigenvalue weighted by molar-refractivity contribution is 6.00. The van der Waals surface area contributed by atoms with Crippen molar-refractivity contribution in [1.82, 2.24) is 4.90 Å². The first-order valence-electron chi connectivity index (χ1n) is 9.16. The van der Waals surface area contributed by atoms with Gasteiger partial charge in [-0.15, -0.1) is 0 Å². The molecule has 0 atom stereocenters. The number of benzene rings is 1. The van der Waals surface area contributed by atoms with Gasteiger partial charge in [0.05, 0.1) is 0 Å². The molecule has 3 aliphatic rings. The van der Waals surface area contributed by atoms with Crippen LogP contribution in [0.4, 0.5) is 11.4 Å². The van der Waals surface area contributed by atoms with Crippen molar-refractivity contribution in [2.45, 2.75) is 50.5 Å². The average molecular weight is 327 g/mol. The molecule has 0 bridgehead atoms. The van der Waals surface area contributed by atoms with E-state index in [1.54, 1.807) is 0 Å². The minimum absolute atomic E-state index is 0.125. The molecule has 4 rings (SSSR count). The number of piperidine rings is 1. The van der Waals surface area contributed by atoms with Gasteiger partial charge in [0.25, 0.3) is 0 Å². The van der Waals surface area contributed by atoms with Gasteiger partial charge < -0.3 is 10.2 Å². The number of carbonyl (C=O) groups is 2. The summed E-state index contributed by atoms with van der Waals surface area (Å²) in [6.07, 6.45) is 6.77. The van der Waals surface area contributed by atoms with E-state index >= 15 is 0 Å². The molecule has 0 unspecified atom stereocenters. The van der Waals surface area contributed by atoms with Gasteiger partial charge in [-0.25, -0.2) is 0 Å². The van der Waals surface area contributed by atoms with Crippen LogP contribution in [-0.2, 0) is 9.59 Å². The summed E-state index contributed by atoms with van der Waals surface area (Å²) in [6.45, 7) is 2.85. The van der Waals surface area contributed by atoms with Crippen LogP contribution in [-0.4, -0.2) is 41.9 Å². The minimum Gasteiger partial charge on any atom is -0.324 e. The number of hydrogen-bond donors (Lipinski definition) is 1. The van der Waals surface area contributed by atoms with Crippen molar-refractivity contribution in [3.05, 3.63) is 24.3 Å². The maximum atomic E-state index is 12.9. The van der Waals surface area contributed by atoms with Crippen LogP contribution in [0.5, 0.6) is 0 Å². The number of amides is 2. The summed E-state index contributed by atoms with van der Waals surface area (Å²) < 4.78 is 0. The zero-order chi connectivity index (χ0) is 16.6. The Hall–Kier alpha value is -1.88. The van der Waals surface area contributed by atoms with Crippen LogP contribution in [0.2, 0.25) is 0 Å². The fourth-order valence-electron chi connectivity index (χ4n) is 4.55. The Morgan fingerprint density at radius 3 is 2.58 bits per heavy atom. The highest BCUT2D eigenvalue weighted by Crippen LogP contribution is 2.39. The molecule has 2 amide bonds. The summed E-state index contributed by atoms with van der Waals surface area (Å²) in [5.74, 6) is 0.306. The Kier molecular flexibility index (Phi) is 4.04. The number of nitrogens with zero attached hydrogens (tertiary/aromatic N) is 2. The van der Waals surface area contributed by atoms with Gasteiger partial charge in [0.15, 0.2) is 0 Å². The monoisotopic (exact) mass is 327 g/mol. The lowest BCUT2D eigenvalue weighted by Crippen LogP contribution is -2.48. The van der Waals surface area contributed by atoms with E-state index in [2.05, 4.69) is 10.2 Å². The summed E-state index contributed by atoms with van der Waals surface area (Å²) in [5, 5.41) is 3.12. The van der Waals surface area contributed by atoms with Crippen LogP contribution < -0.4 is 10.2 Å². The second-order valence-corrected chi connectivity index (χ2v) is 7.23. The molecule has 0 saturated carbocycles. The van der Waals surface area contributed by atoms with Gasteiger partial charge in [-0.05, 0) is 69.8 Å². The molecule has 5 nitrogen and oxygen atoms in total. The maximum Gasteiger partial charge on any atom is 0.244 e. The molecular formula is C19H25N3O2. The number of hydrogen-bond acceptors (Lipinski definition) is 3. The molecule has 1 N–H and O–H groups in total. The Bertz CT molecular complexity index is 648. The third-order valence-electron chi connectivity index (χ3n) is 5.80. The van der Waals surface area contributed by atoms with E-state index in [0.717, 1.165) is 69.5 Å². The zero-order valence-corrected chi connectivity index (χ0v) is 14.1. The molecule has 3 saturated heterocycles. The van der Waals surface area contributed by atoms with Crippen LogP contribution in [0.15, 0.2) is 24.3 Å². The Morgan fingerprint density at radius 1 is 1.04 bits per heavy atom. The van der Waals surface area contributed by atoms with Crippen molar-refractivity contribution in [1.29, 1.82) is 0 Å². The van der Waals surface area contributed by atoms with Crippen LogP contribution in [0.25, 0.3) is 0 Å². The predicted octanol–water partition coefficient (Wildman–Crippen LogP) is 2.77. The molecule has 3 heterocycles. The van der Waals surface area contributed by atoms with E-state index in [-0.39, 0.29) is 17.4 Å². The van der Waals surface area contributed by atoms with E-state index in [1.807, 2.05) is 29.2 Å². The zero-order valence-electron chi connectivity index (χ0n) is 14.1. The number of anilines is 2. The third kappa shape index (κ3) is 2.61. The highest BCUT2D eigenvalue weighted by Gasteiger charge is 2.49. The van der Waals surface area contributed by atoms with Crippen LogP contribution in [0.1, 0.15) is 44.9 Å². The summed E-state index contributed by atoms with van der Waals surface area (Å²) in [7, 11) is 0. The molecular weight excluding hydrogens is 302 g/mol.